The van der Waals surface area contributed by atoms with E-state index in [1.165, 1.54) is 12.1 Å². The lowest BCUT2D eigenvalue weighted by Crippen LogP contribution is -2.20. The summed E-state index contributed by atoms with van der Waals surface area (Å²) in [6.45, 7) is 2.55. The van der Waals surface area contributed by atoms with Gasteiger partial charge < -0.3 is 15.1 Å². The molecule has 3 nitrogen and oxygen atoms in total. The number of hydrogen-bond donors (Lipinski definition) is 1. The second-order valence-electron chi connectivity index (χ2n) is 4.48. The van der Waals surface area contributed by atoms with Gasteiger partial charge in [-0.3, -0.25) is 0 Å². The molecular weight excluding hydrogens is 231 g/mol. The van der Waals surface area contributed by atoms with Gasteiger partial charge in [0, 0.05) is 30.9 Å². The average molecular weight is 248 g/mol. The quantitative estimate of drug-likeness (QED) is 0.904. The molecule has 18 heavy (non-hydrogen) atoms. The molecule has 0 saturated carbocycles. The Balaban J connectivity index is 2.26. The number of nitrogens with two attached hydrogens (primary N) is 1. The van der Waals surface area contributed by atoms with Crippen LogP contribution in [0.3, 0.4) is 0 Å². The summed E-state index contributed by atoms with van der Waals surface area (Å²) in [6.07, 6.45) is 3.34. The predicted molar refractivity (Wildman–Crippen MR) is 69.8 cm³/mol. The first-order valence-corrected chi connectivity index (χ1v) is 5.85. The Labute approximate surface area is 106 Å². The van der Waals surface area contributed by atoms with E-state index in [0.29, 0.717) is 6.54 Å². The van der Waals surface area contributed by atoms with Crippen LogP contribution in [0.1, 0.15) is 24.1 Å². The maximum Gasteiger partial charge on any atom is 0.123 e. The molecular formula is C14H17FN2O. The fourth-order valence-electron chi connectivity index (χ4n) is 1.98. The van der Waals surface area contributed by atoms with Gasteiger partial charge in [0.05, 0.1) is 12.5 Å². The van der Waals surface area contributed by atoms with Crippen molar-refractivity contribution in [2.45, 2.75) is 19.5 Å². The van der Waals surface area contributed by atoms with E-state index in [9.17, 15) is 4.39 Å². The van der Waals surface area contributed by atoms with E-state index < -0.39 is 0 Å². The third kappa shape index (κ3) is 2.71. The van der Waals surface area contributed by atoms with Crippen LogP contribution in [0.5, 0.6) is 0 Å². The lowest BCUT2D eigenvalue weighted by Gasteiger charge is -2.23. The van der Waals surface area contributed by atoms with Crippen LogP contribution in [-0.4, -0.2) is 7.05 Å². The van der Waals surface area contributed by atoms with E-state index in [2.05, 4.69) is 0 Å². The highest BCUT2D eigenvalue weighted by Gasteiger charge is 2.12. The van der Waals surface area contributed by atoms with E-state index >= 15 is 0 Å². The second kappa shape index (κ2) is 5.23. The fraction of sp³-hybridized carbons (Fsp3) is 0.286. The minimum Gasteiger partial charge on any atom is -0.472 e. The van der Waals surface area contributed by atoms with Crippen molar-refractivity contribution in [3.05, 3.63) is 53.7 Å². The topological polar surface area (TPSA) is 42.4 Å². The van der Waals surface area contributed by atoms with Gasteiger partial charge in [-0.25, -0.2) is 4.39 Å². The van der Waals surface area contributed by atoms with E-state index in [0.717, 1.165) is 16.8 Å². The van der Waals surface area contributed by atoms with Crippen molar-refractivity contribution < 1.29 is 8.81 Å². The molecule has 0 amide bonds. The van der Waals surface area contributed by atoms with Crippen LogP contribution in [0.2, 0.25) is 0 Å². The van der Waals surface area contributed by atoms with Crippen molar-refractivity contribution in [1.29, 1.82) is 0 Å². The van der Waals surface area contributed by atoms with Crippen molar-refractivity contribution >= 4 is 5.69 Å². The van der Waals surface area contributed by atoms with E-state index in [4.69, 9.17) is 10.2 Å². The summed E-state index contributed by atoms with van der Waals surface area (Å²) < 4.78 is 18.3. The minimum atomic E-state index is -0.261. The van der Waals surface area contributed by atoms with Crippen molar-refractivity contribution in [3.8, 4) is 0 Å². The zero-order valence-electron chi connectivity index (χ0n) is 10.6. The molecule has 0 bridgehead atoms. The first-order valence-electron chi connectivity index (χ1n) is 5.85. The molecule has 0 aliphatic carbocycles. The van der Waals surface area contributed by atoms with Crippen LogP contribution in [0.15, 0.2) is 41.2 Å². The molecule has 0 radical (unpaired) electrons. The van der Waals surface area contributed by atoms with Gasteiger partial charge in [0.25, 0.3) is 0 Å². The fourth-order valence-corrected chi connectivity index (χ4v) is 1.98. The van der Waals surface area contributed by atoms with Gasteiger partial charge in [0.1, 0.15) is 5.82 Å². The lowest BCUT2D eigenvalue weighted by atomic mass is 10.1. The van der Waals surface area contributed by atoms with Crippen molar-refractivity contribution in [2.24, 2.45) is 5.73 Å². The predicted octanol–water partition coefficient (Wildman–Crippen LogP) is 3.07. The zero-order valence-corrected chi connectivity index (χ0v) is 10.6. The normalized spacial score (nSPS) is 12.4. The first-order chi connectivity index (χ1) is 8.58. The van der Waals surface area contributed by atoms with Crippen molar-refractivity contribution in [3.63, 3.8) is 0 Å². The maximum atomic E-state index is 13.3. The van der Waals surface area contributed by atoms with Gasteiger partial charge in [-0.05, 0) is 36.8 Å². The standard InChI is InChI=1S/C14H17FN2O/c1-10(16)13-7-12(15)3-4-14(13)17(2)8-11-5-6-18-9-11/h3-7,9-10H,8,16H2,1-2H3. The molecule has 4 heteroatoms. The smallest absolute Gasteiger partial charge is 0.123 e. The number of anilines is 1. The van der Waals surface area contributed by atoms with Crippen LogP contribution < -0.4 is 10.6 Å². The molecule has 0 spiro atoms. The SMILES string of the molecule is CC(N)c1cc(F)ccc1N(C)Cc1ccoc1. The summed E-state index contributed by atoms with van der Waals surface area (Å²) in [4.78, 5) is 2.03. The first kappa shape index (κ1) is 12.6. The largest absolute Gasteiger partial charge is 0.472 e. The molecule has 0 aliphatic rings. The molecule has 1 atom stereocenters. The van der Waals surface area contributed by atoms with Crippen molar-refractivity contribution in [2.75, 3.05) is 11.9 Å². The number of hydrogen-bond acceptors (Lipinski definition) is 3. The van der Waals surface area contributed by atoms with E-state index in [-0.39, 0.29) is 11.9 Å². The monoisotopic (exact) mass is 248 g/mol. The third-order valence-corrected chi connectivity index (χ3v) is 2.89. The summed E-state index contributed by atoms with van der Waals surface area (Å²) in [5, 5.41) is 0. The molecule has 2 rings (SSSR count). The lowest BCUT2D eigenvalue weighted by molar-refractivity contribution is 0.563. The minimum absolute atomic E-state index is 0.206. The van der Waals surface area contributed by atoms with Crippen LogP contribution in [0.4, 0.5) is 10.1 Å². The van der Waals surface area contributed by atoms with E-state index in [1.54, 1.807) is 18.6 Å². The third-order valence-electron chi connectivity index (χ3n) is 2.89. The van der Waals surface area contributed by atoms with Gasteiger partial charge in [-0.15, -0.1) is 0 Å². The molecule has 1 aromatic heterocycles. The molecule has 1 unspecified atom stereocenters. The Morgan fingerprint density at radius 1 is 1.39 bits per heavy atom. The molecule has 0 aliphatic heterocycles. The van der Waals surface area contributed by atoms with Crippen LogP contribution >= 0.6 is 0 Å². The summed E-state index contributed by atoms with van der Waals surface area (Å²) in [6, 6.07) is 6.40. The zero-order chi connectivity index (χ0) is 13.1. The number of benzene rings is 1. The summed E-state index contributed by atoms with van der Waals surface area (Å²) in [5.41, 5.74) is 8.69. The van der Waals surface area contributed by atoms with Gasteiger partial charge in [0.2, 0.25) is 0 Å². The molecule has 1 heterocycles. The number of nitrogens with zero attached hydrogens (tertiary/aromatic N) is 1. The highest BCUT2D eigenvalue weighted by Crippen LogP contribution is 2.26. The molecule has 1 aromatic carbocycles. The molecule has 0 saturated heterocycles. The maximum absolute atomic E-state index is 13.3. The Kier molecular flexibility index (Phi) is 3.67. The highest BCUT2D eigenvalue weighted by atomic mass is 19.1. The molecule has 2 aromatic rings. The number of halogens is 1. The Morgan fingerprint density at radius 2 is 2.17 bits per heavy atom. The summed E-state index contributed by atoms with van der Waals surface area (Å²) in [7, 11) is 1.95. The molecule has 96 valence electrons. The number of rotatable bonds is 4. The highest BCUT2D eigenvalue weighted by molar-refractivity contribution is 5.54. The van der Waals surface area contributed by atoms with Gasteiger partial charge in [-0.2, -0.15) is 0 Å². The number of furan rings is 1. The summed E-state index contributed by atoms with van der Waals surface area (Å²) >= 11 is 0. The van der Waals surface area contributed by atoms with Gasteiger partial charge in [-0.1, -0.05) is 0 Å². The molecule has 0 fully saturated rings. The van der Waals surface area contributed by atoms with Gasteiger partial charge in [0.15, 0.2) is 0 Å². The van der Waals surface area contributed by atoms with Crippen LogP contribution in [-0.2, 0) is 6.54 Å². The Hall–Kier alpha value is -1.81. The van der Waals surface area contributed by atoms with Gasteiger partial charge >= 0.3 is 0 Å². The second-order valence-corrected chi connectivity index (χ2v) is 4.48. The Bertz CT molecular complexity index is 509. The average Bonchev–Trinajstić information content (AvgIpc) is 2.81. The van der Waals surface area contributed by atoms with Crippen molar-refractivity contribution in [1.82, 2.24) is 0 Å². The van der Waals surface area contributed by atoms with Crippen LogP contribution in [0.25, 0.3) is 0 Å². The van der Waals surface area contributed by atoms with Crippen LogP contribution in [0, 0.1) is 5.82 Å². The molecule has 2 N–H and O–H groups in total. The Morgan fingerprint density at radius 3 is 2.78 bits per heavy atom. The van der Waals surface area contributed by atoms with E-state index in [1.807, 2.05) is 24.9 Å². The summed E-state index contributed by atoms with van der Waals surface area (Å²) in [5.74, 6) is -0.261.